The Hall–Kier alpha value is -1.59. The van der Waals surface area contributed by atoms with Crippen molar-refractivity contribution in [2.24, 2.45) is 12.0 Å². The van der Waals surface area contributed by atoms with Gasteiger partial charge in [-0.3, -0.25) is 0 Å². The lowest BCUT2D eigenvalue weighted by Gasteiger charge is -2.05. The molecule has 3 nitrogen and oxygen atoms in total. The predicted octanol–water partition coefficient (Wildman–Crippen LogP) is 3.84. The van der Waals surface area contributed by atoms with Crippen LogP contribution in [0.1, 0.15) is 38.2 Å². The fourth-order valence-electron chi connectivity index (χ4n) is 1.62. The normalized spacial score (nSPS) is 13.2. The molecule has 0 N–H and O–H groups in total. The van der Waals surface area contributed by atoms with Gasteiger partial charge in [0, 0.05) is 18.5 Å². The number of hydrogen-bond donors (Lipinski definition) is 0. The number of rotatable bonds is 3. The fraction of sp³-hybridized carbons (Fsp3) is 0.500. The standard InChI is InChI=1S/C12H16F3N3/c1-7(2)10-17-9(11(16-4)18(10)5)6-8(3)12(13,14)15/h6-7H,4H2,1-3,5H3/b8-6+. The zero-order valence-electron chi connectivity index (χ0n) is 10.8. The SMILES string of the molecule is C=Nc1c(/C=C(\C)C(F)(F)F)nc(C(C)C)n1C. The van der Waals surface area contributed by atoms with Gasteiger partial charge in [-0.1, -0.05) is 13.8 Å². The van der Waals surface area contributed by atoms with Gasteiger partial charge in [0.25, 0.3) is 0 Å². The highest BCUT2D eigenvalue weighted by Crippen LogP contribution is 2.30. The molecule has 1 aromatic heterocycles. The van der Waals surface area contributed by atoms with Crippen LogP contribution in [-0.2, 0) is 7.05 Å². The van der Waals surface area contributed by atoms with Gasteiger partial charge < -0.3 is 4.57 Å². The second-order valence-electron chi connectivity index (χ2n) is 4.38. The molecule has 100 valence electrons. The maximum Gasteiger partial charge on any atom is 0.412 e. The van der Waals surface area contributed by atoms with Crippen LogP contribution in [0.4, 0.5) is 19.0 Å². The molecule has 0 aliphatic rings. The van der Waals surface area contributed by atoms with Crippen molar-refractivity contribution in [3.8, 4) is 0 Å². The van der Waals surface area contributed by atoms with Gasteiger partial charge in [-0.05, 0) is 19.7 Å². The van der Waals surface area contributed by atoms with Gasteiger partial charge in [0.2, 0.25) is 0 Å². The van der Waals surface area contributed by atoms with Crippen LogP contribution in [-0.4, -0.2) is 22.4 Å². The Kier molecular flexibility index (Phi) is 3.98. The van der Waals surface area contributed by atoms with E-state index in [0.717, 1.165) is 13.0 Å². The van der Waals surface area contributed by atoms with Gasteiger partial charge in [-0.15, -0.1) is 0 Å². The Morgan fingerprint density at radius 3 is 2.39 bits per heavy atom. The van der Waals surface area contributed by atoms with Crippen molar-refractivity contribution >= 4 is 18.6 Å². The summed E-state index contributed by atoms with van der Waals surface area (Å²) in [5.41, 5.74) is -0.508. The first-order valence-corrected chi connectivity index (χ1v) is 5.47. The number of halogens is 3. The molecular weight excluding hydrogens is 243 g/mol. The van der Waals surface area contributed by atoms with E-state index in [9.17, 15) is 13.2 Å². The average molecular weight is 259 g/mol. The first kappa shape index (κ1) is 14.5. The van der Waals surface area contributed by atoms with Crippen LogP contribution in [0.3, 0.4) is 0 Å². The smallest absolute Gasteiger partial charge is 0.316 e. The minimum absolute atomic E-state index is 0.101. The summed E-state index contributed by atoms with van der Waals surface area (Å²) < 4.78 is 39.1. The monoisotopic (exact) mass is 259 g/mol. The van der Waals surface area contributed by atoms with Crippen LogP contribution in [0, 0.1) is 0 Å². The number of allylic oxidation sites excluding steroid dienone is 1. The van der Waals surface area contributed by atoms with Crippen LogP contribution in [0.15, 0.2) is 10.6 Å². The third-order valence-corrected chi connectivity index (χ3v) is 2.59. The molecule has 1 heterocycles. The van der Waals surface area contributed by atoms with Crippen molar-refractivity contribution in [1.29, 1.82) is 0 Å². The summed E-state index contributed by atoms with van der Waals surface area (Å²) >= 11 is 0. The van der Waals surface area contributed by atoms with Crippen molar-refractivity contribution in [2.75, 3.05) is 0 Å². The first-order valence-electron chi connectivity index (χ1n) is 5.47. The molecule has 0 aliphatic heterocycles. The van der Waals surface area contributed by atoms with E-state index in [2.05, 4.69) is 16.7 Å². The van der Waals surface area contributed by atoms with Crippen LogP contribution in [0.25, 0.3) is 6.08 Å². The highest BCUT2D eigenvalue weighted by Gasteiger charge is 2.30. The summed E-state index contributed by atoms with van der Waals surface area (Å²) in [6.07, 6.45) is -3.36. The maximum atomic E-state index is 12.5. The van der Waals surface area contributed by atoms with E-state index in [4.69, 9.17) is 0 Å². The molecule has 6 heteroatoms. The summed E-state index contributed by atoms with van der Waals surface area (Å²) in [4.78, 5) is 7.93. The number of nitrogens with zero attached hydrogens (tertiary/aromatic N) is 3. The van der Waals surface area contributed by atoms with E-state index in [-0.39, 0.29) is 11.6 Å². The zero-order chi connectivity index (χ0) is 14.1. The van der Waals surface area contributed by atoms with Crippen LogP contribution >= 0.6 is 0 Å². The molecule has 0 atom stereocenters. The topological polar surface area (TPSA) is 30.2 Å². The lowest BCUT2D eigenvalue weighted by molar-refractivity contribution is -0.0903. The number of alkyl halides is 3. The van der Waals surface area contributed by atoms with Gasteiger partial charge in [0.05, 0.1) is 0 Å². The lowest BCUT2D eigenvalue weighted by Crippen LogP contribution is -2.08. The van der Waals surface area contributed by atoms with Crippen LogP contribution < -0.4 is 0 Å². The minimum Gasteiger partial charge on any atom is -0.316 e. The third kappa shape index (κ3) is 2.80. The maximum absolute atomic E-state index is 12.5. The highest BCUT2D eigenvalue weighted by molar-refractivity contribution is 5.63. The van der Waals surface area contributed by atoms with E-state index in [0.29, 0.717) is 11.6 Å². The van der Waals surface area contributed by atoms with E-state index in [1.54, 1.807) is 11.6 Å². The second-order valence-corrected chi connectivity index (χ2v) is 4.38. The van der Waals surface area contributed by atoms with E-state index in [1.807, 2.05) is 13.8 Å². The Morgan fingerprint density at radius 1 is 1.44 bits per heavy atom. The third-order valence-electron chi connectivity index (χ3n) is 2.59. The molecule has 1 rings (SSSR count). The molecule has 0 saturated carbocycles. The molecular formula is C12H16F3N3. The first-order chi connectivity index (χ1) is 8.18. The van der Waals surface area contributed by atoms with Crippen LogP contribution in [0.2, 0.25) is 0 Å². The largest absolute Gasteiger partial charge is 0.412 e. The summed E-state index contributed by atoms with van der Waals surface area (Å²) in [6.45, 7) is 8.22. The number of hydrogen-bond acceptors (Lipinski definition) is 2. The molecule has 0 aliphatic carbocycles. The van der Waals surface area contributed by atoms with Gasteiger partial charge in [0.1, 0.15) is 11.5 Å². The molecule has 0 aromatic carbocycles. The summed E-state index contributed by atoms with van der Waals surface area (Å²) in [5, 5.41) is 0. The van der Waals surface area contributed by atoms with Gasteiger partial charge in [-0.25, -0.2) is 9.98 Å². The molecule has 18 heavy (non-hydrogen) atoms. The number of aliphatic imine (C=N–C) groups is 1. The molecule has 0 bridgehead atoms. The fourth-order valence-corrected chi connectivity index (χ4v) is 1.62. The summed E-state index contributed by atoms with van der Waals surface area (Å²) in [5.74, 6) is 1.13. The van der Waals surface area contributed by atoms with Gasteiger partial charge in [0.15, 0.2) is 5.82 Å². The van der Waals surface area contributed by atoms with Gasteiger partial charge >= 0.3 is 6.18 Å². The average Bonchev–Trinajstić information content (AvgIpc) is 2.53. The minimum atomic E-state index is -4.35. The highest BCUT2D eigenvalue weighted by atomic mass is 19.4. The molecule has 0 spiro atoms. The van der Waals surface area contributed by atoms with Crippen molar-refractivity contribution < 1.29 is 13.2 Å². The van der Waals surface area contributed by atoms with Gasteiger partial charge in [-0.2, -0.15) is 13.2 Å². The molecule has 0 saturated heterocycles. The van der Waals surface area contributed by atoms with E-state index < -0.39 is 11.7 Å². The Labute approximate surface area is 104 Å². The summed E-state index contributed by atoms with van der Waals surface area (Å²) in [7, 11) is 1.71. The van der Waals surface area contributed by atoms with Crippen molar-refractivity contribution in [3.05, 3.63) is 17.1 Å². The Balaban J connectivity index is 3.34. The van der Waals surface area contributed by atoms with Crippen molar-refractivity contribution in [2.45, 2.75) is 32.9 Å². The molecule has 0 unspecified atom stereocenters. The quantitative estimate of drug-likeness (QED) is 0.758. The predicted molar refractivity (Wildman–Crippen MR) is 66.2 cm³/mol. The summed E-state index contributed by atoms with van der Waals surface area (Å²) in [6, 6.07) is 0. The zero-order valence-corrected chi connectivity index (χ0v) is 10.8. The lowest BCUT2D eigenvalue weighted by atomic mass is 10.2. The van der Waals surface area contributed by atoms with Crippen molar-refractivity contribution in [1.82, 2.24) is 9.55 Å². The molecule has 0 radical (unpaired) electrons. The van der Waals surface area contributed by atoms with Crippen LogP contribution in [0.5, 0.6) is 0 Å². The Bertz CT molecular complexity index is 481. The van der Waals surface area contributed by atoms with Crippen molar-refractivity contribution in [3.63, 3.8) is 0 Å². The molecule has 0 fully saturated rings. The number of aromatic nitrogens is 2. The molecule has 1 aromatic rings. The molecule has 0 amide bonds. The Morgan fingerprint density at radius 2 is 2.00 bits per heavy atom. The van der Waals surface area contributed by atoms with E-state index >= 15 is 0 Å². The number of imidazole rings is 1. The van der Waals surface area contributed by atoms with E-state index in [1.165, 1.54) is 0 Å². The second kappa shape index (κ2) is 4.96.